The average Bonchev–Trinajstić information content (AvgIpc) is 2.60. The summed E-state index contributed by atoms with van der Waals surface area (Å²) in [5, 5.41) is 2.85. The molecule has 1 amide bonds. The van der Waals surface area contributed by atoms with Crippen molar-refractivity contribution in [2.45, 2.75) is 6.92 Å². The van der Waals surface area contributed by atoms with Crippen LogP contribution in [0.2, 0.25) is 0 Å². The van der Waals surface area contributed by atoms with Crippen LogP contribution in [0.4, 0.5) is 5.69 Å². The molecule has 0 bridgehead atoms. The standard InChI is InChI=1S/C19H19NO4/c1-13(2)12-24-16-5-3-4-14(10-16)19(21)20-15-6-7-17-18(11-15)23-9-8-22-17/h3-7,10-11H,1,8-9,12H2,2H3,(H,20,21). The zero-order valence-electron chi connectivity index (χ0n) is 13.5. The maximum absolute atomic E-state index is 12.4. The first-order valence-electron chi connectivity index (χ1n) is 7.70. The second-order valence-corrected chi connectivity index (χ2v) is 5.59. The van der Waals surface area contributed by atoms with E-state index in [9.17, 15) is 4.79 Å². The van der Waals surface area contributed by atoms with Crippen molar-refractivity contribution in [3.8, 4) is 17.2 Å². The van der Waals surface area contributed by atoms with Gasteiger partial charge >= 0.3 is 0 Å². The van der Waals surface area contributed by atoms with E-state index in [-0.39, 0.29) is 5.91 Å². The maximum Gasteiger partial charge on any atom is 0.255 e. The molecule has 24 heavy (non-hydrogen) atoms. The number of ether oxygens (including phenoxy) is 3. The minimum absolute atomic E-state index is 0.215. The van der Waals surface area contributed by atoms with Gasteiger partial charge in [-0.15, -0.1) is 0 Å². The fourth-order valence-corrected chi connectivity index (χ4v) is 2.26. The van der Waals surface area contributed by atoms with E-state index in [0.717, 1.165) is 5.57 Å². The third-order valence-electron chi connectivity index (χ3n) is 3.38. The Bertz CT molecular complexity index is 770. The number of hydrogen-bond acceptors (Lipinski definition) is 4. The van der Waals surface area contributed by atoms with Gasteiger partial charge in [-0.3, -0.25) is 4.79 Å². The number of nitrogens with one attached hydrogen (secondary N) is 1. The van der Waals surface area contributed by atoms with Crippen molar-refractivity contribution in [2.24, 2.45) is 0 Å². The van der Waals surface area contributed by atoms with Crippen molar-refractivity contribution in [3.63, 3.8) is 0 Å². The van der Waals surface area contributed by atoms with Gasteiger partial charge in [0.1, 0.15) is 25.6 Å². The van der Waals surface area contributed by atoms with Gasteiger partial charge in [0.2, 0.25) is 0 Å². The third kappa shape index (κ3) is 3.87. The van der Waals surface area contributed by atoms with Gasteiger partial charge in [0.05, 0.1) is 0 Å². The molecule has 5 heteroatoms. The molecule has 0 unspecified atom stereocenters. The second-order valence-electron chi connectivity index (χ2n) is 5.59. The summed E-state index contributed by atoms with van der Waals surface area (Å²) >= 11 is 0. The number of fused-ring (bicyclic) bond motifs is 1. The quantitative estimate of drug-likeness (QED) is 0.852. The Morgan fingerprint density at radius 3 is 2.75 bits per heavy atom. The lowest BCUT2D eigenvalue weighted by Crippen LogP contribution is -2.16. The summed E-state index contributed by atoms with van der Waals surface area (Å²) < 4.78 is 16.6. The fourth-order valence-electron chi connectivity index (χ4n) is 2.26. The number of carbonyl (C=O) groups excluding carboxylic acids is 1. The van der Waals surface area contributed by atoms with Gasteiger partial charge in [0.25, 0.3) is 5.91 Å². The smallest absolute Gasteiger partial charge is 0.255 e. The lowest BCUT2D eigenvalue weighted by atomic mass is 10.2. The van der Waals surface area contributed by atoms with E-state index in [4.69, 9.17) is 14.2 Å². The minimum Gasteiger partial charge on any atom is -0.489 e. The molecular formula is C19H19NO4. The maximum atomic E-state index is 12.4. The number of hydrogen-bond donors (Lipinski definition) is 1. The second kappa shape index (κ2) is 7.08. The first-order valence-corrected chi connectivity index (χ1v) is 7.70. The van der Waals surface area contributed by atoms with Crippen molar-refractivity contribution in [3.05, 3.63) is 60.2 Å². The topological polar surface area (TPSA) is 56.8 Å². The molecule has 2 aromatic rings. The van der Waals surface area contributed by atoms with Gasteiger partial charge in [0, 0.05) is 17.3 Å². The molecule has 0 aromatic heterocycles. The van der Waals surface area contributed by atoms with Gasteiger partial charge in [0.15, 0.2) is 11.5 Å². The molecule has 0 saturated carbocycles. The van der Waals surface area contributed by atoms with Gasteiger partial charge in [-0.1, -0.05) is 12.6 Å². The highest BCUT2D eigenvalue weighted by atomic mass is 16.6. The SMILES string of the molecule is C=C(C)COc1cccc(C(=O)Nc2ccc3c(c2)OCCO3)c1. The number of benzene rings is 2. The molecule has 1 N–H and O–H groups in total. The van der Waals surface area contributed by atoms with Crippen molar-refractivity contribution >= 4 is 11.6 Å². The Morgan fingerprint density at radius 2 is 1.96 bits per heavy atom. The summed E-state index contributed by atoms with van der Waals surface area (Å²) in [5.41, 5.74) is 2.09. The average molecular weight is 325 g/mol. The summed E-state index contributed by atoms with van der Waals surface area (Å²) in [6.07, 6.45) is 0. The zero-order valence-corrected chi connectivity index (χ0v) is 13.5. The van der Waals surface area contributed by atoms with E-state index >= 15 is 0 Å². The van der Waals surface area contributed by atoms with Gasteiger partial charge in [-0.25, -0.2) is 0 Å². The number of amides is 1. The fraction of sp³-hybridized carbons (Fsp3) is 0.211. The number of carbonyl (C=O) groups is 1. The van der Waals surface area contributed by atoms with Crippen LogP contribution in [0, 0.1) is 0 Å². The van der Waals surface area contributed by atoms with E-state index in [0.29, 0.717) is 48.3 Å². The highest BCUT2D eigenvalue weighted by molar-refractivity contribution is 6.04. The normalized spacial score (nSPS) is 12.4. The van der Waals surface area contributed by atoms with Crippen LogP contribution in [-0.2, 0) is 0 Å². The molecule has 1 heterocycles. The van der Waals surface area contributed by atoms with Crippen LogP contribution >= 0.6 is 0 Å². The molecule has 1 aliphatic rings. The summed E-state index contributed by atoms with van der Waals surface area (Å²) in [4.78, 5) is 12.4. The Kier molecular flexibility index (Phi) is 4.70. The summed E-state index contributed by atoms with van der Waals surface area (Å²) in [6, 6.07) is 12.4. The van der Waals surface area contributed by atoms with Crippen LogP contribution in [0.3, 0.4) is 0 Å². The Hall–Kier alpha value is -2.95. The van der Waals surface area contributed by atoms with E-state index in [1.165, 1.54) is 0 Å². The summed E-state index contributed by atoms with van der Waals surface area (Å²) in [6.45, 7) is 7.15. The van der Waals surface area contributed by atoms with E-state index in [1.54, 1.807) is 36.4 Å². The van der Waals surface area contributed by atoms with Crippen molar-refractivity contribution in [2.75, 3.05) is 25.1 Å². The molecule has 0 radical (unpaired) electrons. The highest BCUT2D eigenvalue weighted by Crippen LogP contribution is 2.32. The molecule has 124 valence electrons. The molecule has 0 atom stereocenters. The molecule has 0 aliphatic carbocycles. The molecule has 1 aliphatic heterocycles. The minimum atomic E-state index is -0.215. The molecule has 0 fully saturated rings. The highest BCUT2D eigenvalue weighted by Gasteiger charge is 2.13. The van der Waals surface area contributed by atoms with Crippen molar-refractivity contribution < 1.29 is 19.0 Å². The van der Waals surface area contributed by atoms with Crippen molar-refractivity contribution in [1.29, 1.82) is 0 Å². The lowest BCUT2D eigenvalue weighted by Gasteiger charge is -2.19. The Morgan fingerprint density at radius 1 is 1.17 bits per heavy atom. The largest absolute Gasteiger partial charge is 0.489 e. The third-order valence-corrected chi connectivity index (χ3v) is 3.38. The van der Waals surface area contributed by atoms with E-state index in [1.807, 2.05) is 13.0 Å². The molecule has 3 rings (SSSR count). The molecule has 5 nitrogen and oxygen atoms in total. The monoisotopic (exact) mass is 325 g/mol. The van der Waals surface area contributed by atoms with Crippen LogP contribution in [-0.4, -0.2) is 25.7 Å². The predicted octanol–water partition coefficient (Wildman–Crippen LogP) is 3.67. The van der Waals surface area contributed by atoms with Gasteiger partial charge in [-0.2, -0.15) is 0 Å². The predicted molar refractivity (Wildman–Crippen MR) is 92.1 cm³/mol. The number of anilines is 1. The first kappa shape index (κ1) is 15.9. The van der Waals surface area contributed by atoms with Crippen LogP contribution in [0.25, 0.3) is 0 Å². The van der Waals surface area contributed by atoms with Crippen LogP contribution in [0.5, 0.6) is 17.2 Å². The van der Waals surface area contributed by atoms with Crippen LogP contribution in [0.1, 0.15) is 17.3 Å². The van der Waals surface area contributed by atoms with Gasteiger partial charge < -0.3 is 19.5 Å². The first-order chi connectivity index (χ1) is 11.6. The molecule has 2 aromatic carbocycles. The zero-order chi connectivity index (χ0) is 16.9. The van der Waals surface area contributed by atoms with E-state index < -0.39 is 0 Å². The van der Waals surface area contributed by atoms with Crippen LogP contribution in [0.15, 0.2) is 54.6 Å². The Labute approximate surface area is 140 Å². The van der Waals surface area contributed by atoms with E-state index in [2.05, 4.69) is 11.9 Å². The van der Waals surface area contributed by atoms with Crippen molar-refractivity contribution in [1.82, 2.24) is 0 Å². The van der Waals surface area contributed by atoms with Gasteiger partial charge in [-0.05, 0) is 42.8 Å². The molecule has 0 spiro atoms. The van der Waals surface area contributed by atoms with Crippen LogP contribution < -0.4 is 19.5 Å². The number of rotatable bonds is 5. The summed E-state index contributed by atoms with van der Waals surface area (Å²) in [7, 11) is 0. The Balaban J connectivity index is 1.70. The molecular weight excluding hydrogens is 306 g/mol. The summed E-state index contributed by atoms with van der Waals surface area (Å²) in [5.74, 6) is 1.74. The lowest BCUT2D eigenvalue weighted by molar-refractivity contribution is 0.102. The molecule has 0 saturated heterocycles.